The Morgan fingerprint density at radius 1 is 1.00 bits per heavy atom. The van der Waals surface area contributed by atoms with E-state index in [-0.39, 0.29) is 30.4 Å². The molecule has 4 rings (SSSR count). The highest BCUT2D eigenvalue weighted by Crippen LogP contribution is 2.29. The molecule has 7 nitrogen and oxygen atoms in total. The second-order valence-corrected chi connectivity index (χ2v) is 9.01. The molecule has 0 spiro atoms. The van der Waals surface area contributed by atoms with E-state index in [0.29, 0.717) is 18.3 Å². The summed E-state index contributed by atoms with van der Waals surface area (Å²) < 4.78 is 17.4. The third kappa shape index (κ3) is 5.22. The van der Waals surface area contributed by atoms with Gasteiger partial charge in [0.1, 0.15) is 12.2 Å². The summed E-state index contributed by atoms with van der Waals surface area (Å²) in [4.78, 5) is 12.3. The van der Waals surface area contributed by atoms with E-state index in [1.165, 1.54) is 17.5 Å². The highest BCUT2D eigenvalue weighted by Gasteiger charge is 2.49. The molecule has 4 atom stereocenters. The number of aryl methyl sites for hydroxylation is 2. The minimum atomic E-state index is -0.397. The smallest absolute Gasteiger partial charge is 0.407 e. The highest BCUT2D eigenvalue weighted by molar-refractivity contribution is 7.80. The standard InChI is InChI=1S/C22H31N3O4S/c1-13-8-14(2)10-16(9-13)23-21(30)25-17-11-27-20-18(12-28-19(17)20)29-22(26)24-15-6-4-3-5-7-15/h8-10,15,17-20H,3-7,11-12H2,1-2H3,(H,24,26)(H2,23,25,30). The normalized spacial score (nSPS) is 28.6. The monoisotopic (exact) mass is 433 g/mol. The Kier molecular flexibility index (Phi) is 6.75. The van der Waals surface area contributed by atoms with Crippen molar-refractivity contribution in [1.82, 2.24) is 10.6 Å². The van der Waals surface area contributed by atoms with Crippen LogP contribution in [0.1, 0.15) is 43.2 Å². The van der Waals surface area contributed by atoms with Gasteiger partial charge in [-0.3, -0.25) is 0 Å². The summed E-state index contributed by atoms with van der Waals surface area (Å²) in [6, 6.07) is 6.35. The van der Waals surface area contributed by atoms with Gasteiger partial charge in [-0.2, -0.15) is 0 Å². The van der Waals surface area contributed by atoms with Crippen LogP contribution in [0.3, 0.4) is 0 Å². The fourth-order valence-corrected chi connectivity index (χ4v) is 4.93. The van der Waals surface area contributed by atoms with Gasteiger partial charge >= 0.3 is 6.09 Å². The van der Waals surface area contributed by atoms with E-state index in [1.807, 2.05) is 0 Å². The summed E-state index contributed by atoms with van der Waals surface area (Å²) in [6.07, 6.45) is 4.37. The Hall–Kier alpha value is -1.90. The average molecular weight is 434 g/mol. The zero-order valence-corrected chi connectivity index (χ0v) is 18.4. The Labute approximate surface area is 183 Å². The van der Waals surface area contributed by atoms with E-state index in [4.69, 9.17) is 26.4 Å². The van der Waals surface area contributed by atoms with E-state index in [0.717, 1.165) is 31.4 Å². The second-order valence-electron chi connectivity index (χ2n) is 8.60. The number of nitrogens with one attached hydrogen (secondary N) is 3. The predicted octanol–water partition coefficient (Wildman–Crippen LogP) is 3.18. The molecule has 1 aromatic rings. The first-order valence-electron chi connectivity index (χ1n) is 10.8. The van der Waals surface area contributed by atoms with Gasteiger partial charge in [-0.1, -0.05) is 25.3 Å². The van der Waals surface area contributed by atoms with Crippen LogP contribution in [0.2, 0.25) is 0 Å². The average Bonchev–Trinajstić information content (AvgIpc) is 3.25. The largest absolute Gasteiger partial charge is 0.441 e. The van der Waals surface area contributed by atoms with Gasteiger partial charge in [0, 0.05) is 11.7 Å². The molecule has 4 unspecified atom stereocenters. The third-order valence-corrected chi connectivity index (χ3v) is 6.21. The molecule has 3 N–H and O–H groups in total. The summed E-state index contributed by atoms with van der Waals surface area (Å²) >= 11 is 5.48. The summed E-state index contributed by atoms with van der Waals surface area (Å²) in [5.41, 5.74) is 3.30. The summed E-state index contributed by atoms with van der Waals surface area (Å²) in [5, 5.41) is 10.0. The van der Waals surface area contributed by atoms with E-state index in [9.17, 15) is 4.79 Å². The van der Waals surface area contributed by atoms with Crippen LogP contribution in [0.25, 0.3) is 0 Å². The molecule has 30 heavy (non-hydrogen) atoms. The molecule has 1 aliphatic carbocycles. The molecule has 0 bridgehead atoms. The number of carbonyl (C=O) groups is 1. The Morgan fingerprint density at radius 2 is 1.70 bits per heavy atom. The lowest BCUT2D eigenvalue weighted by Crippen LogP contribution is -2.46. The van der Waals surface area contributed by atoms with Crippen molar-refractivity contribution in [3.8, 4) is 0 Å². The van der Waals surface area contributed by atoms with Crippen LogP contribution in [-0.2, 0) is 14.2 Å². The Balaban J connectivity index is 1.26. The number of alkyl carbamates (subject to hydrolysis) is 1. The zero-order chi connectivity index (χ0) is 21.1. The second kappa shape index (κ2) is 9.49. The number of thiocarbonyl (C=S) groups is 1. The van der Waals surface area contributed by atoms with Crippen LogP contribution in [0.5, 0.6) is 0 Å². The van der Waals surface area contributed by atoms with Gasteiger partial charge in [-0.05, 0) is 62.2 Å². The first-order valence-corrected chi connectivity index (χ1v) is 11.2. The Morgan fingerprint density at radius 3 is 2.43 bits per heavy atom. The third-order valence-electron chi connectivity index (χ3n) is 5.99. The van der Waals surface area contributed by atoms with Crippen LogP contribution in [-0.4, -0.2) is 54.8 Å². The quantitative estimate of drug-likeness (QED) is 0.629. The van der Waals surface area contributed by atoms with Gasteiger partial charge in [0.15, 0.2) is 11.2 Å². The van der Waals surface area contributed by atoms with E-state index < -0.39 is 6.10 Å². The van der Waals surface area contributed by atoms with E-state index in [2.05, 4.69) is 48.0 Å². The molecule has 0 aromatic heterocycles. The summed E-state index contributed by atoms with van der Waals surface area (Å²) in [5.74, 6) is 0. The highest BCUT2D eigenvalue weighted by atomic mass is 32.1. The number of hydrogen-bond acceptors (Lipinski definition) is 5. The van der Waals surface area contributed by atoms with Crippen LogP contribution in [0.15, 0.2) is 18.2 Å². The van der Waals surface area contributed by atoms with Crippen molar-refractivity contribution < 1.29 is 19.0 Å². The van der Waals surface area contributed by atoms with Crippen LogP contribution in [0, 0.1) is 13.8 Å². The predicted molar refractivity (Wildman–Crippen MR) is 119 cm³/mol. The number of benzene rings is 1. The number of anilines is 1. The lowest BCUT2D eigenvalue weighted by atomic mass is 9.96. The molecule has 1 amide bonds. The van der Waals surface area contributed by atoms with E-state index >= 15 is 0 Å². The van der Waals surface area contributed by atoms with Gasteiger partial charge in [0.05, 0.1) is 19.3 Å². The number of hydrogen-bond donors (Lipinski definition) is 3. The molecular formula is C22H31N3O4S. The minimum Gasteiger partial charge on any atom is -0.441 e. The topological polar surface area (TPSA) is 80.8 Å². The fourth-order valence-electron chi connectivity index (χ4n) is 4.66. The van der Waals surface area contributed by atoms with Crippen molar-refractivity contribution in [1.29, 1.82) is 0 Å². The first-order chi connectivity index (χ1) is 14.5. The van der Waals surface area contributed by atoms with Gasteiger partial charge in [0.2, 0.25) is 0 Å². The van der Waals surface area contributed by atoms with Crippen LogP contribution < -0.4 is 16.0 Å². The maximum absolute atomic E-state index is 12.3. The molecular weight excluding hydrogens is 402 g/mol. The molecule has 8 heteroatoms. The molecule has 0 radical (unpaired) electrons. The lowest BCUT2D eigenvalue weighted by molar-refractivity contribution is 0.00277. The van der Waals surface area contributed by atoms with Crippen molar-refractivity contribution in [3.63, 3.8) is 0 Å². The van der Waals surface area contributed by atoms with Crippen LogP contribution in [0.4, 0.5) is 10.5 Å². The van der Waals surface area contributed by atoms with Crippen molar-refractivity contribution in [3.05, 3.63) is 29.3 Å². The van der Waals surface area contributed by atoms with Gasteiger partial charge in [-0.25, -0.2) is 4.79 Å². The number of ether oxygens (including phenoxy) is 3. The fraction of sp³-hybridized carbons (Fsp3) is 0.636. The van der Waals surface area contributed by atoms with Crippen molar-refractivity contribution in [2.75, 3.05) is 18.5 Å². The Bertz CT molecular complexity index is 763. The molecule has 1 saturated carbocycles. The van der Waals surface area contributed by atoms with Crippen molar-refractivity contribution >= 4 is 29.1 Å². The number of amides is 1. The van der Waals surface area contributed by atoms with Gasteiger partial charge in [0.25, 0.3) is 0 Å². The maximum Gasteiger partial charge on any atom is 0.407 e. The van der Waals surface area contributed by atoms with Crippen molar-refractivity contribution in [2.24, 2.45) is 0 Å². The van der Waals surface area contributed by atoms with Crippen LogP contribution >= 0.6 is 12.2 Å². The van der Waals surface area contributed by atoms with Gasteiger partial charge < -0.3 is 30.2 Å². The first kappa shape index (κ1) is 21.3. The zero-order valence-electron chi connectivity index (χ0n) is 17.6. The number of fused-ring (bicyclic) bond motifs is 1. The van der Waals surface area contributed by atoms with E-state index in [1.54, 1.807) is 0 Å². The maximum atomic E-state index is 12.3. The molecule has 3 fully saturated rings. The summed E-state index contributed by atoms with van der Waals surface area (Å²) in [7, 11) is 0. The van der Waals surface area contributed by atoms with Crippen molar-refractivity contribution in [2.45, 2.75) is 76.3 Å². The molecule has 2 saturated heterocycles. The molecule has 1 aromatic carbocycles. The molecule has 2 heterocycles. The SMILES string of the molecule is Cc1cc(C)cc(NC(=S)NC2COC3C(OC(=O)NC4CCCCC4)COC23)c1. The number of rotatable bonds is 4. The lowest BCUT2D eigenvalue weighted by Gasteiger charge is -2.24. The number of carbonyl (C=O) groups excluding carboxylic acids is 1. The molecule has 164 valence electrons. The van der Waals surface area contributed by atoms with Gasteiger partial charge in [-0.15, -0.1) is 0 Å². The minimum absolute atomic E-state index is 0.0871. The molecule has 2 aliphatic heterocycles. The molecule has 3 aliphatic rings. The summed E-state index contributed by atoms with van der Waals surface area (Å²) in [6.45, 7) is 4.90.